The number of aliphatic hydroxyl groups is 1. The molecule has 3 nitrogen and oxygen atoms in total. The van der Waals surface area contributed by atoms with Crippen LogP contribution in [0, 0.1) is 5.82 Å². The maximum Gasteiger partial charge on any atom is 0.146 e. The van der Waals surface area contributed by atoms with Crippen molar-refractivity contribution < 1.29 is 14.2 Å². The summed E-state index contributed by atoms with van der Waals surface area (Å²) in [6, 6.07) is 13.5. The average molecular weight is 261 g/mol. The maximum atomic E-state index is 13.4. The molecule has 2 aromatic carbocycles. The summed E-state index contributed by atoms with van der Waals surface area (Å²) in [5, 5.41) is 12.9. The molecule has 19 heavy (non-hydrogen) atoms. The fourth-order valence-corrected chi connectivity index (χ4v) is 1.78. The lowest BCUT2D eigenvalue weighted by Crippen LogP contribution is -2.13. The summed E-state index contributed by atoms with van der Waals surface area (Å²) in [5.74, 6) is 0.350. The Balaban J connectivity index is 2.01. The third kappa shape index (κ3) is 3.45. The number of methoxy groups -OCH3 is 1. The Bertz CT molecular complexity index is 545. The third-order valence-electron chi connectivity index (χ3n) is 2.84. The zero-order valence-electron chi connectivity index (χ0n) is 10.6. The standard InChI is InChI=1S/C15H16FNO2/c1-19-12-6-4-5-11(9-12)15(18)10-17-14-8-3-2-7-13(14)16/h2-9,15,17-18H,10H2,1H3. The van der Waals surface area contributed by atoms with E-state index in [9.17, 15) is 9.50 Å². The molecule has 0 radical (unpaired) electrons. The van der Waals surface area contributed by atoms with E-state index in [1.54, 1.807) is 49.6 Å². The van der Waals surface area contributed by atoms with E-state index in [0.717, 1.165) is 5.56 Å². The molecular formula is C15H16FNO2. The first-order valence-electron chi connectivity index (χ1n) is 6.01. The Labute approximate surface area is 111 Å². The fourth-order valence-electron chi connectivity index (χ4n) is 1.78. The molecule has 0 fully saturated rings. The molecule has 0 aromatic heterocycles. The van der Waals surface area contributed by atoms with Gasteiger partial charge in [0.25, 0.3) is 0 Å². The molecule has 2 aromatic rings. The number of rotatable bonds is 5. The highest BCUT2D eigenvalue weighted by atomic mass is 19.1. The van der Waals surface area contributed by atoms with Gasteiger partial charge in [-0.1, -0.05) is 24.3 Å². The van der Waals surface area contributed by atoms with Crippen molar-refractivity contribution in [1.82, 2.24) is 0 Å². The van der Waals surface area contributed by atoms with Crippen LogP contribution in [-0.4, -0.2) is 18.8 Å². The molecule has 0 aliphatic heterocycles. The lowest BCUT2D eigenvalue weighted by Gasteiger charge is -2.14. The SMILES string of the molecule is COc1cccc(C(O)CNc2ccccc2F)c1. The minimum absolute atomic E-state index is 0.230. The highest BCUT2D eigenvalue weighted by Gasteiger charge is 2.09. The number of hydrogen-bond acceptors (Lipinski definition) is 3. The van der Waals surface area contributed by atoms with Crippen molar-refractivity contribution in [2.24, 2.45) is 0 Å². The predicted octanol–water partition coefficient (Wildman–Crippen LogP) is 2.98. The van der Waals surface area contributed by atoms with Crippen LogP contribution in [0.2, 0.25) is 0 Å². The number of anilines is 1. The first-order chi connectivity index (χ1) is 9.20. The second-order valence-electron chi connectivity index (χ2n) is 4.15. The van der Waals surface area contributed by atoms with Gasteiger partial charge < -0.3 is 15.2 Å². The van der Waals surface area contributed by atoms with Crippen molar-refractivity contribution >= 4 is 5.69 Å². The topological polar surface area (TPSA) is 41.5 Å². The number of hydrogen-bond donors (Lipinski definition) is 2. The highest BCUT2D eigenvalue weighted by Crippen LogP contribution is 2.20. The molecule has 0 saturated carbocycles. The molecule has 0 saturated heterocycles. The van der Waals surface area contributed by atoms with E-state index in [4.69, 9.17) is 4.74 Å². The van der Waals surface area contributed by atoms with Gasteiger partial charge in [-0.05, 0) is 29.8 Å². The van der Waals surface area contributed by atoms with Gasteiger partial charge in [0.1, 0.15) is 11.6 Å². The van der Waals surface area contributed by atoms with Gasteiger partial charge >= 0.3 is 0 Å². The van der Waals surface area contributed by atoms with Gasteiger partial charge in [-0.15, -0.1) is 0 Å². The maximum absolute atomic E-state index is 13.4. The molecule has 100 valence electrons. The molecule has 0 bridgehead atoms. The molecule has 1 atom stereocenters. The number of aliphatic hydroxyl groups excluding tert-OH is 1. The molecule has 2 rings (SSSR count). The second kappa shape index (κ2) is 6.20. The zero-order valence-corrected chi connectivity index (χ0v) is 10.6. The molecule has 0 aliphatic carbocycles. The molecule has 0 aliphatic rings. The van der Waals surface area contributed by atoms with Crippen LogP contribution in [-0.2, 0) is 0 Å². The fraction of sp³-hybridized carbons (Fsp3) is 0.200. The number of benzene rings is 2. The van der Waals surface area contributed by atoms with Gasteiger partial charge in [0.15, 0.2) is 0 Å². The number of ether oxygens (including phenoxy) is 1. The van der Waals surface area contributed by atoms with Crippen molar-refractivity contribution in [3.8, 4) is 5.75 Å². The minimum Gasteiger partial charge on any atom is -0.497 e. The molecule has 0 amide bonds. The Kier molecular flexibility index (Phi) is 4.36. The van der Waals surface area contributed by atoms with E-state index < -0.39 is 6.10 Å². The molecule has 1 unspecified atom stereocenters. The van der Waals surface area contributed by atoms with Gasteiger partial charge in [0.05, 0.1) is 18.9 Å². The molecule has 0 heterocycles. The van der Waals surface area contributed by atoms with Crippen LogP contribution in [0.25, 0.3) is 0 Å². The number of halogens is 1. The first-order valence-corrected chi connectivity index (χ1v) is 6.01. The lowest BCUT2D eigenvalue weighted by molar-refractivity contribution is 0.191. The van der Waals surface area contributed by atoms with E-state index in [-0.39, 0.29) is 12.4 Å². The quantitative estimate of drug-likeness (QED) is 0.869. The van der Waals surface area contributed by atoms with E-state index >= 15 is 0 Å². The lowest BCUT2D eigenvalue weighted by atomic mass is 10.1. The van der Waals surface area contributed by atoms with Crippen molar-refractivity contribution in [1.29, 1.82) is 0 Å². The van der Waals surface area contributed by atoms with E-state index in [1.165, 1.54) is 6.07 Å². The first kappa shape index (κ1) is 13.4. The molecule has 2 N–H and O–H groups in total. The summed E-state index contributed by atoms with van der Waals surface area (Å²) >= 11 is 0. The second-order valence-corrected chi connectivity index (χ2v) is 4.15. The summed E-state index contributed by atoms with van der Waals surface area (Å²) < 4.78 is 18.5. The smallest absolute Gasteiger partial charge is 0.146 e. The normalized spacial score (nSPS) is 11.9. The van der Waals surface area contributed by atoms with Gasteiger partial charge in [0, 0.05) is 6.54 Å². The molecular weight excluding hydrogens is 245 g/mol. The highest BCUT2D eigenvalue weighted by molar-refractivity contribution is 5.44. The zero-order chi connectivity index (χ0) is 13.7. The van der Waals surface area contributed by atoms with Crippen molar-refractivity contribution in [2.75, 3.05) is 19.0 Å². The summed E-state index contributed by atoms with van der Waals surface area (Å²) in [6.07, 6.45) is -0.727. The number of nitrogens with one attached hydrogen (secondary N) is 1. The van der Waals surface area contributed by atoms with Crippen molar-refractivity contribution in [3.63, 3.8) is 0 Å². The number of para-hydroxylation sites is 1. The Morgan fingerprint density at radius 2 is 2.00 bits per heavy atom. The molecule has 4 heteroatoms. The summed E-state index contributed by atoms with van der Waals surface area (Å²) in [6.45, 7) is 0.230. The van der Waals surface area contributed by atoms with E-state index in [2.05, 4.69) is 5.32 Å². The van der Waals surface area contributed by atoms with Crippen LogP contribution in [0.1, 0.15) is 11.7 Å². The van der Waals surface area contributed by atoms with Crippen LogP contribution in [0.15, 0.2) is 48.5 Å². The van der Waals surface area contributed by atoms with Gasteiger partial charge in [-0.2, -0.15) is 0 Å². The van der Waals surface area contributed by atoms with Crippen LogP contribution in [0.3, 0.4) is 0 Å². The molecule has 0 spiro atoms. The van der Waals surface area contributed by atoms with Gasteiger partial charge in [-0.25, -0.2) is 4.39 Å². The van der Waals surface area contributed by atoms with E-state index in [0.29, 0.717) is 11.4 Å². The summed E-state index contributed by atoms with van der Waals surface area (Å²) in [5.41, 5.74) is 1.10. The Hall–Kier alpha value is -2.07. The van der Waals surface area contributed by atoms with Crippen LogP contribution in [0.4, 0.5) is 10.1 Å². The van der Waals surface area contributed by atoms with Crippen LogP contribution < -0.4 is 10.1 Å². The summed E-state index contributed by atoms with van der Waals surface area (Å²) in [7, 11) is 1.57. The summed E-state index contributed by atoms with van der Waals surface area (Å²) in [4.78, 5) is 0. The van der Waals surface area contributed by atoms with Crippen molar-refractivity contribution in [2.45, 2.75) is 6.10 Å². The monoisotopic (exact) mass is 261 g/mol. The van der Waals surface area contributed by atoms with Crippen LogP contribution >= 0.6 is 0 Å². The van der Waals surface area contributed by atoms with E-state index in [1.807, 2.05) is 0 Å². The minimum atomic E-state index is -0.727. The Morgan fingerprint density at radius 3 is 2.74 bits per heavy atom. The predicted molar refractivity (Wildman–Crippen MR) is 72.8 cm³/mol. The van der Waals surface area contributed by atoms with Gasteiger partial charge in [0.2, 0.25) is 0 Å². The average Bonchev–Trinajstić information content (AvgIpc) is 2.46. The van der Waals surface area contributed by atoms with Gasteiger partial charge in [-0.3, -0.25) is 0 Å². The largest absolute Gasteiger partial charge is 0.497 e. The Morgan fingerprint density at radius 1 is 1.21 bits per heavy atom. The third-order valence-corrected chi connectivity index (χ3v) is 2.84. The van der Waals surface area contributed by atoms with Crippen molar-refractivity contribution in [3.05, 3.63) is 59.9 Å². The van der Waals surface area contributed by atoms with Crippen LogP contribution in [0.5, 0.6) is 5.75 Å².